The molecule has 0 saturated carbocycles. The van der Waals surface area contributed by atoms with Crippen molar-refractivity contribution >= 4 is 23.0 Å². The van der Waals surface area contributed by atoms with Gasteiger partial charge in [0.1, 0.15) is 11.5 Å². The molecule has 0 saturated heterocycles. The maximum atomic E-state index is 12.5. The summed E-state index contributed by atoms with van der Waals surface area (Å²) < 4.78 is 11.3. The molecule has 218 valence electrons. The minimum atomic E-state index is -0.468. The quantitative estimate of drug-likeness (QED) is 0.0363. The van der Waals surface area contributed by atoms with Gasteiger partial charge in [-0.25, -0.2) is 4.79 Å². The average molecular weight is 560 g/mol. The standard InChI is InChI=1S/C33H41N3O5/c1-2-3-4-5-6-7-8-9-10-11-12-13-26-40-31-22-14-27(15-23-31)33(37)41-32-24-18-29(19-25-32)35-34-28-16-20-30(21-17-28)36(38)39/h14-25H,2-13,26H2,1H3. The Balaban J connectivity index is 1.30. The van der Waals surface area contributed by atoms with Gasteiger partial charge < -0.3 is 9.47 Å². The van der Waals surface area contributed by atoms with Crippen molar-refractivity contribution in [2.24, 2.45) is 10.2 Å². The van der Waals surface area contributed by atoms with E-state index in [1.807, 2.05) is 0 Å². The Morgan fingerprint density at radius 3 is 1.63 bits per heavy atom. The van der Waals surface area contributed by atoms with Crippen molar-refractivity contribution in [2.75, 3.05) is 6.61 Å². The molecule has 0 aromatic heterocycles. The number of rotatable bonds is 19. The van der Waals surface area contributed by atoms with Crippen LogP contribution >= 0.6 is 0 Å². The van der Waals surface area contributed by atoms with Gasteiger partial charge in [0.2, 0.25) is 0 Å². The number of carbonyl (C=O) groups is 1. The van der Waals surface area contributed by atoms with E-state index in [9.17, 15) is 14.9 Å². The first-order valence-corrected chi connectivity index (χ1v) is 14.8. The number of carbonyl (C=O) groups excluding carboxylic acids is 1. The van der Waals surface area contributed by atoms with Gasteiger partial charge in [0.15, 0.2) is 0 Å². The van der Waals surface area contributed by atoms with Gasteiger partial charge in [-0.3, -0.25) is 10.1 Å². The van der Waals surface area contributed by atoms with Crippen molar-refractivity contribution in [3.8, 4) is 11.5 Å². The second kappa shape index (κ2) is 18.3. The zero-order valence-electron chi connectivity index (χ0n) is 24.0. The maximum absolute atomic E-state index is 12.5. The van der Waals surface area contributed by atoms with Gasteiger partial charge in [0.25, 0.3) is 5.69 Å². The van der Waals surface area contributed by atoms with Crippen molar-refractivity contribution < 1.29 is 19.2 Å². The molecule has 0 bridgehead atoms. The number of esters is 1. The molecule has 0 aliphatic heterocycles. The highest BCUT2D eigenvalue weighted by Crippen LogP contribution is 2.24. The number of non-ortho nitro benzene ring substituents is 1. The van der Waals surface area contributed by atoms with Crippen LogP contribution in [0.3, 0.4) is 0 Å². The summed E-state index contributed by atoms with van der Waals surface area (Å²) in [5.74, 6) is 0.668. The van der Waals surface area contributed by atoms with E-state index in [1.165, 1.54) is 94.9 Å². The molecule has 0 unspecified atom stereocenters. The number of nitrogens with zero attached hydrogens (tertiary/aromatic N) is 3. The maximum Gasteiger partial charge on any atom is 0.343 e. The zero-order chi connectivity index (χ0) is 29.1. The molecule has 0 fully saturated rings. The first-order chi connectivity index (χ1) is 20.0. The lowest BCUT2D eigenvalue weighted by atomic mass is 10.1. The van der Waals surface area contributed by atoms with E-state index in [1.54, 1.807) is 48.5 Å². The monoisotopic (exact) mass is 559 g/mol. The fraction of sp³-hybridized carbons (Fsp3) is 0.424. The van der Waals surface area contributed by atoms with Crippen LogP contribution in [0.25, 0.3) is 0 Å². The summed E-state index contributed by atoms with van der Waals surface area (Å²) in [6.07, 6.45) is 15.7. The molecule has 0 aliphatic rings. The summed E-state index contributed by atoms with van der Waals surface area (Å²) in [6.45, 7) is 2.94. The van der Waals surface area contributed by atoms with Crippen molar-refractivity contribution in [3.63, 3.8) is 0 Å². The topological polar surface area (TPSA) is 103 Å². The van der Waals surface area contributed by atoms with Crippen molar-refractivity contribution in [1.29, 1.82) is 0 Å². The lowest BCUT2D eigenvalue weighted by Gasteiger charge is -2.08. The second-order valence-electron chi connectivity index (χ2n) is 10.1. The van der Waals surface area contributed by atoms with Crippen molar-refractivity contribution in [3.05, 3.63) is 88.5 Å². The van der Waals surface area contributed by atoms with Crippen LogP contribution in [0, 0.1) is 10.1 Å². The molecule has 0 N–H and O–H groups in total. The molecule has 8 nitrogen and oxygen atoms in total. The smallest absolute Gasteiger partial charge is 0.343 e. The third-order valence-corrected chi connectivity index (χ3v) is 6.75. The summed E-state index contributed by atoms with van der Waals surface area (Å²) in [7, 11) is 0. The van der Waals surface area contributed by atoms with E-state index < -0.39 is 10.9 Å². The van der Waals surface area contributed by atoms with Crippen LogP contribution in [-0.2, 0) is 0 Å². The number of benzene rings is 3. The largest absolute Gasteiger partial charge is 0.494 e. The number of unbranched alkanes of at least 4 members (excludes halogenated alkanes) is 11. The highest BCUT2D eigenvalue weighted by molar-refractivity contribution is 5.91. The molecule has 8 heteroatoms. The van der Waals surface area contributed by atoms with Crippen LogP contribution in [0.15, 0.2) is 83.0 Å². The molecular weight excluding hydrogens is 518 g/mol. The zero-order valence-corrected chi connectivity index (χ0v) is 24.0. The van der Waals surface area contributed by atoms with Crippen molar-refractivity contribution in [2.45, 2.75) is 84.0 Å². The molecule has 0 atom stereocenters. The predicted molar refractivity (Wildman–Crippen MR) is 162 cm³/mol. The van der Waals surface area contributed by atoms with Gasteiger partial charge in [0, 0.05) is 12.1 Å². The van der Waals surface area contributed by atoms with E-state index in [4.69, 9.17) is 9.47 Å². The Morgan fingerprint density at radius 2 is 1.12 bits per heavy atom. The van der Waals surface area contributed by atoms with Crippen LogP contribution in [0.1, 0.15) is 94.3 Å². The SMILES string of the molecule is CCCCCCCCCCCCCCOc1ccc(C(=O)Oc2ccc(N=Nc3ccc([N+](=O)[O-])cc3)cc2)cc1. The Morgan fingerprint density at radius 1 is 0.659 bits per heavy atom. The molecule has 0 spiro atoms. The first-order valence-electron chi connectivity index (χ1n) is 14.8. The fourth-order valence-electron chi connectivity index (χ4n) is 4.32. The molecule has 3 rings (SSSR count). The van der Waals surface area contributed by atoms with Crippen molar-refractivity contribution in [1.82, 2.24) is 0 Å². The number of hydrogen-bond donors (Lipinski definition) is 0. The van der Waals surface area contributed by atoms with Crippen LogP contribution in [-0.4, -0.2) is 17.5 Å². The van der Waals surface area contributed by atoms with Crippen LogP contribution in [0.4, 0.5) is 17.1 Å². The van der Waals surface area contributed by atoms with E-state index in [0.29, 0.717) is 29.3 Å². The summed E-state index contributed by atoms with van der Waals surface area (Å²) in [5.41, 5.74) is 1.47. The number of ether oxygens (including phenoxy) is 2. The summed E-state index contributed by atoms with van der Waals surface area (Å²) in [4.78, 5) is 22.8. The Kier molecular flexibility index (Phi) is 14.0. The third-order valence-electron chi connectivity index (χ3n) is 6.75. The minimum absolute atomic E-state index is 0.00732. The summed E-state index contributed by atoms with van der Waals surface area (Å²) >= 11 is 0. The van der Waals surface area contributed by atoms with E-state index in [-0.39, 0.29) is 5.69 Å². The molecular formula is C33H41N3O5. The van der Waals surface area contributed by atoms with E-state index in [0.717, 1.165) is 12.2 Å². The van der Waals surface area contributed by atoms with Gasteiger partial charge in [-0.15, -0.1) is 0 Å². The molecule has 0 radical (unpaired) electrons. The summed E-state index contributed by atoms with van der Waals surface area (Å²) in [6, 6.07) is 19.4. The molecule has 0 heterocycles. The fourth-order valence-corrected chi connectivity index (χ4v) is 4.32. The van der Waals surface area contributed by atoms with E-state index in [2.05, 4.69) is 17.2 Å². The molecule has 41 heavy (non-hydrogen) atoms. The molecule has 0 amide bonds. The number of nitro benzene ring substituents is 1. The lowest BCUT2D eigenvalue weighted by Crippen LogP contribution is -2.08. The summed E-state index contributed by atoms with van der Waals surface area (Å²) in [5, 5.41) is 18.9. The third kappa shape index (κ3) is 12.3. The van der Waals surface area contributed by atoms with E-state index >= 15 is 0 Å². The highest BCUT2D eigenvalue weighted by Gasteiger charge is 2.09. The number of azo groups is 1. The lowest BCUT2D eigenvalue weighted by molar-refractivity contribution is -0.384. The predicted octanol–water partition coefficient (Wildman–Crippen LogP) is 10.3. The Bertz CT molecular complexity index is 1210. The van der Waals surface area contributed by atoms with Crippen LogP contribution in [0.2, 0.25) is 0 Å². The minimum Gasteiger partial charge on any atom is -0.494 e. The van der Waals surface area contributed by atoms with Gasteiger partial charge in [-0.05, 0) is 67.1 Å². The second-order valence-corrected chi connectivity index (χ2v) is 10.1. The average Bonchev–Trinajstić information content (AvgIpc) is 2.99. The van der Waals surface area contributed by atoms with Crippen LogP contribution in [0.5, 0.6) is 11.5 Å². The van der Waals surface area contributed by atoms with Gasteiger partial charge in [-0.2, -0.15) is 10.2 Å². The van der Waals surface area contributed by atoms with Gasteiger partial charge >= 0.3 is 5.97 Å². The molecule has 3 aromatic carbocycles. The van der Waals surface area contributed by atoms with Gasteiger partial charge in [-0.1, -0.05) is 77.6 Å². The normalized spacial score (nSPS) is 11.0. The number of hydrogen-bond acceptors (Lipinski definition) is 7. The van der Waals surface area contributed by atoms with Gasteiger partial charge in [0.05, 0.1) is 28.5 Å². The van der Waals surface area contributed by atoms with Crippen LogP contribution < -0.4 is 9.47 Å². The highest BCUT2D eigenvalue weighted by atomic mass is 16.6. The Hall–Kier alpha value is -4.07. The molecule has 0 aliphatic carbocycles. The first kappa shape index (κ1) is 31.5. The Labute approximate surface area is 243 Å². The molecule has 3 aromatic rings. The number of nitro groups is 1.